The summed E-state index contributed by atoms with van der Waals surface area (Å²) in [6.07, 6.45) is 2.47. The van der Waals surface area contributed by atoms with Crippen molar-refractivity contribution in [2.75, 3.05) is 80.9 Å². The number of likely N-dealkylation sites (N-methyl/N-ethyl adjacent to an activating group) is 2. The Kier molecular flexibility index (Phi) is 16.5. The van der Waals surface area contributed by atoms with Crippen molar-refractivity contribution >= 4 is 39.3 Å². The van der Waals surface area contributed by atoms with Crippen LogP contribution >= 0.6 is 16.3 Å². The molecule has 0 spiro atoms. The van der Waals surface area contributed by atoms with Gasteiger partial charge in [-0.3, -0.25) is 9.59 Å². The topological polar surface area (TPSA) is 127 Å². The summed E-state index contributed by atoms with van der Waals surface area (Å²) in [5.41, 5.74) is -0.366. The summed E-state index contributed by atoms with van der Waals surface area (Å²) in [5, 5.41) is 0. The molecule has 10 nitrogen and oxygen atoms in total. The van der Waals surface area contributed by atoms with E-state index in [2.05, 4.69) is 22.6 Å². The smallest absolute Gasteiger partial charge is 0.330 e. The number of carbonyl (C=O) groups is 4. The van der Waals surface area contributed by atoms with Crippen molar-refractivity contribution in [2.45, 2.75) is 0 Å². The van der Waals surface area contributed by atoms with E-state index < -0.39 is 28.2 Å². The van der Waals surface area contributed by atoms with Gasteiger partial charge < -0.3 is 28.2 Å². The summed E-state index contributed by atoms with van der Waals surface area (Å²) in [4.78, 5) is 63.5. The van der Waals surface area contributed by atoms with Gasteiger partial charge in [-0.2, -0.15) is 0 Å². The fourth-order valence-electron chi connectivity index (χ4n) is 1.81. The summed E-state index contributed by atoms with van der Waals surface area (Å²) >= 11 is 0. The second kappa shape index (κ2) is 16.1. The van der Waals surface area contributed by atoms with Gasteiger partial charge in [0.1, 0.15) is 29.4 Å². The predicted octanol–water partition coefficient (Wildman–Crippen LogP) is 0.675. The minimum Gasteiger partial charge on any atom is -0.462 e. The van der Waals surface area contributed by atoms with Crippen molar-refractivity contribution in [1.82, 2.24) is 0 Å². The van der Waals surface area contributed by atoms with Gasteiger partial charge in [0.2, 0.25) is 11.0 Å². The zero-order chi connectivity index (χ0) is 25.5. The monoisotopic (exact) mass is 496 g/mol. The molecule has 0 saturated heterocycles. The van der Waals surface area contributed by atoms with E-state index in [1.807, 2.05) is 42.3 Å². The zero-order valence-corrected chi connectivity index (χ0v) is 21.7. The highest BCUT2D eigenvalue weighted by Crippen LogP contribution is 2.31. The third kappa shape index (κ3) is 20.4. The molecule has 0 aromatic rings. The van der Waals surface area contributed by atoms with Gasteiger partial charge in [-0.1, -0.05) is 13.2 Å². The molecule has 32 heavy (non-hydrogen) atoms. The summed E-state index contributed by atoms with van der Waals surface area (Å²) in [7, 11) is 7.83. The molecule has 0 aromatic carbocycles. The van der Waals surface area contributed by atoms with Crippen molar-refractivity contribution in [1.29, 1.82) is 0 Å². The molecule has 0 aromatic heterocycles. The largest absolute Gasteiger partial charge is 0.462 e. The van der Waals surface area contributed by atoms with Crippen LogP contribution < -0.4 is 0 Å². The number of hydrogen-bond acceptors (Lipinski definition) is 8. The number of nitrogens with zero attached hydrogens (tertiary/aromatic N) is 2. The Bertz CT molecular complexity index is 601. The van der Waals surface area contributed by atoms with Crippen molar-refractivity contribution in [3.8, 4) is 0 Å². The number of rotatable bonds is 14. The molecule has 0 aliphatic rings. The number of ether oxygens (including phenoxy) is 2. The van der Waals surface area contributed by atoms with E-state index in [0.717, 1.165) is 12.2 Å². The first-order valence-corrected chi connectivity index (χ1v) is 12.7. The quantitative estimate of drug-likeness (QED) is 0.156. The average molecular weight is 496 g/mol. The second-order valence-corrected chi connectivity index (χ2v) is 12.2. The Balaban J connectivity index is 0. The lowest BCUT2D eigenvalue weighted by Gasteiger charge is -2.23. The lowest BCUT2D eigenvalue weighted by atomic mass is 10.5. The minimum absolute atomic E-state index is 0.0515. The van der Waals surface area contributed by atoms with Crippen molar-refractivity contribution in [2.24, 2.45) is 0 Å². The molecule has 0 rings (SSSR count). The molecule has 0 aliphatic heterocycles. The van der Waals surface area contributed by atoms with Gasteiger partial charge in [-0.15, -0.1) is 0 Å². The first kappa shape index (κ1) is 32.6. The molecule has 2 unspecified atom stereocenters. The molecule has 184 valence electrons. The molecule has 2 N–H and O–H groups in total. The van der Waals surface area contributed by atoms with E-state index in [1.54, 1.807) is 0 Å². The molecule has 0 saturated carbocycles. The fourth-order valence-corrected chi connectivity index (χ4v) is 4.01. The van der Waals surface area contributed by atoms with Crippen LogP contribution in [0.1, 0.15) is 0 Å². The van der Waals surface area contributed by atoms with E-state index in [0.29, 0.717) is 8.97 Å². The van der Waals surface area contributed by atoms with E-state index in [1.165, 1.54) is 0 Å². The molecule has 0 aliphatic carbocycles. The lowest BCUT2D eigenvalue weighted by Crippen LogP contribution is -2.39. The Morgan fingerprint density at radius 1 is 0.719 bits per heavy atom. The van der Waals surface area contributed by atoms with Crippen molar-refractivity contribution in [3.63, 3.8) is 0 Å². The van der Waals surface area contributed by atoms with Crippen LogP contribution in [0.25, 0.3) is 0 Å². The highest BCUT2D eigenvalue weighted by atomic mass is 31.1. The molecular weight excluding hydrogens is 458 g/mol. The SMILES string of the molecule is C=CC(=O)OCCP(O)C(=O)C[N+](C)(C)C.C=CC(=O)OCCP(O)C(=O)C[N+](C)(C)C. The third-order valence-electron chi connectivity index (χ3n) is 3.22. The molecule has 0 fully saturated rings. The van der Waals surface area contributed by atoms with Gasteiger partial charge >= 0.3 is 11.9 Å². The van der Waals surface area contributed by atoms with Crippen molar-refractivity contribution < 1.29 is 47.4 Å². The molecule has 0 amide bonds. The van der Waals surface area contributed by atoms with Crippen LogP contribution in [0, 0.1) is 0 Å². The first-order chi connectivity index (χ1) is 14.5. The summed E-state index contributed by atoms with van der Waals surface area (Å²) in [6.45, 7) is 7.14. The highest BCUT2D eigenvalue weighted by Gasteiger charge is 2.23. The molecule has 2 atom stereocenters. The number of hydrogen-bond donors (Lipinski definition) is 2. The second-order valence-electron chi connectivity index (χ2n) is 8.67. The van der Waals surface area contributed by atoms with Gasteiger partial charge in [0.05, 0.1) is 55.5 Å². The standard InChI is InChI=1S/2C10H19NO4P/c2*1-5-9(12)15-6-7-16(14)10(13)8-11(2,3)4/h2*5,14H,1,6-8H2,2-4H3/q2*+1. The zero-order valence-electron chi connectivity index (χ0n) is 19.9. The van der Waals surface area contributed by atoms with Crippen LogP contribution in [0.15, 0.2) is 25.3 Å². The maximum Gasteiger partial charge on any atom is 0.330 e. The van der Waals surface area contributed by atoms with E-state index in [-0.39, 0.29) is 49.7 Å². The first-order valence-electron chi connectivity index (χ1n) is 9.70. The summed E-state index contributed by atoms with van der Waals surface area (Å²) < 4.78 is 10.3. The van der Waals surface area contributed by atoms with Crippen LogP contribution in [0.5, 0.6) is 0 Å². The normalized spacial score (nSPS) is 13.0. The number of carbonyl (C=O) groups excluding carboxylic acids is 4. The van der Waals surface area contributed by atoms with Crippen LogP contribution in [0.3, 0.4) is 0 Å². The predicted molar refractivity (Wildman–Crippen MR) is 126 cm³/mol. The molecule has 0 bridgehead atoms. The molecule has 12 heteroatoms. The molecule has 0 radical (unpaired) electrons. The maximum absolute atomic E-state index is 11.5. The Labute approximate surface area is 193 Å². The average Bonchev–Trinajstić information content (AvgIpc) is 2.65. The number of quaternary nitrogens is 2. The van der Waals surface area contributed by atoms with Crippen LogP contribution in [0.4, 0.5) is 0 Å². The maximum atomic E-state index is 11.5. The number of esters is 2. The van der Waals surface area contributed by atoms with Gasteiger partial charge in [-0.25, -0.2) is 9.59 Å². The van der Waals surface area contributed by atoms with Gasteiger partial charge in [-0.05, 0) is 0 Å². The van der Waals surface area contributed by atoms with Crippen LogP contribution in [-0.4, -0.2) is 123 Å². The van der Waals surface area contributed by atoms with E-state index >= 15 is 0 Å². The van der Waals surface area contributed by atoms with E-state index in [9.17, 15) is 29.0 Å². The van der Waals surface area contributed by atoms with Gasteiger partial charge in [0.25, 0.3) is 0 Å². The Morgan fingerprint density at radius 2 is 1.00 bits per heavy atom. The summed E-state index contributed by atoms with van der Waals surface area (Å²) in [6, 6.07) is 0. The molecule has 0 heterocycles. The van der Waals surface area contributed by atoms with Crippen LogP contribution in [-0.2, 0) is 28.7 Å². The fraction of sp³-hybridized carbons (Fsp3) is 0.600. The lowest BCUT2D eigenvalue weighted by molar-refractivity contribution is -0.861. The van der Waals surface area contributed by atoms with E-state index in [4.69, 9.17) is 0 Å². The Morgan fingerprint density at radius 3 is 1.22 bits per heavy atom. The minimum atomic E-state index is -1.71. The van der Waals surface area contributed by atoms with Gasteiger partial charge in [0.15, 0.2) is 0 Å². The third-order valence-corrected chi connectivity index (χ3v) is 5.87. The summed E-state index contributed by atoms with van der Waals surface area (Å²) in [5.74, 6) is -1.08. The Hall–Kier alpha value is -1.54. The van der Waals surface area contributed by atoms with Crippen molar-refractivity contribution in [3.05, 3.63) is 25.3 Å². The molecular formula is C20H38N2O8P2+2. The van der Waals surface area contributed by atoms with Crippen LogP contribution in [0.2, 0.25) is 0 Å². The highest BCUT2D eigenvalue weighted by molar-refractivity contribution is 7.70. The van der Waals surface area contributed by atoms with Gasteiger partial charge in [0, 0.05) is 24.5 Å².